The first kappa shape index (κ1) is 64.3. The molecule has 0 saturated heterocycles. The van der Waals surface area contributed by atoms with Crippen molar-refractivity contribution in [2.45, 2.75) is 69.2 Å². The van der Waals surface area contributed by atoms with Gasteiger partial charge >= 0.3 is 0 Å². The highest BCUT2D eigenvalue weighted by atomic mass is 79.9. The van der Waals surface area contributed by atoms with Crippen molar-refractivity contribution in [3.05, 3.63) is 291 Å². The summed E-state index contributed by atoms with van der Waals surface area (Å²) in [5, 5.41) is 17.4. The lowest BCUT2D eigenvalue weighted by atomic mass is 10.1. The Hall–Kier alpha value is -7.02. The van der Waals surface area contributed by atoms with Crippen molar-refractivity contribution in [3.8, 4) is 0 Å². The van der Waals surface area contributed by atoms with Gasteiger partial charge in [0.1, 0.15) is 23.3 Å². The molecule has 0 unspecified atom stereocenters. The molecule has 10 rings (SSSR count). The number of benzene rings is 7. The van der Waals surface area contributed by atoms with Crippen molar-refractivity contribution in [1.82, 2.24) is 15.0 Å². The molecule has 0 bridgehead atoms. The van der Waals surface area contributed by atoms with Crippen molar-refractivity contribution in [2.24, 2.45) is 0 Å². The zero-order valence-electron chi connectivity index (χ0n) is 44.4. The minimum absolute atomic E-state index is 0.155. The van der Waals surface area contributed by atoms with Crippen LogP contribution in [-0.2, 0) is 0 Å². The van der Waals surface area contributed by atoms with E-state index in [0.29, 0.717) is 10.6 Å². The number of halogens is 8. The molecule has 10 aromatic rings. The van der Waals surface area contributed by atoms with Gasteiger partial charge in [0.05, 0.1) is 9.95 Å². The molecular formula is C63H60BrCl3F4N4O2. The summed E-state index contributed by atoms with van der Waals surface area (Å²) in [4.78, 5) is 22.0. The Labute approximate surface area is 473 Å². The highest BCUT2D eigenvalue weighted by Crippen LogP contribution is 2.20. The third-order valence-electron chi connectivity index (χ3n) is 11.0. The maximum absolute atomic E-state index is 12.3. The van der Waals surface area contributed by atoms with Crippen LogP contribution < -0.4 is 0 Å². The summed E-state index contributed by atoms with van der Waals surface area (Å²) in [5.41, 5.74) is 10.1. The van der Waals surface area contributed by atoms with Crippen LogP contribution in [0.25, 0.3) is 21.5 Å². The van der Waals surface area contributed by atoms with Gasteiger partial charge in [-0.2, -0.15) is 0 Å². The van der Waals surface area contributed by atoms with Crippen LogP contribution in [0.15, 0.2) is 187 Å². The fraction of sp³-hybridized carbons (Fsp3) is 0.159. The van der Waals surface area contributed by atoms with E-state index in [1.807, 2.05) is 104 Å². The number of pyridine rings is 3. The van der Waals surface area contributed by atoms with Gasteiger partial charge < -0.3 is 0 Å². The number of hydrogen-bond donors (Lipinski definition) is 0. The van der Waals surface area contributed by atoms with Crippen LogP contribution in [0.3, 0.4) is 0 Å². The summed E-state index contributed by atoms with van der Waals surface area (Å²) in [7, 11) is 0. The molecule has 0 aliphatic heterocycles. The van der Waals surface area contributed by atoms with E-state index in [9.17, 15) is 27.7 Å². The standard InChI is InChI=1S/2C10H9N.C8H9F.C8H9NO2.C7H6BrF.C7H6Cl2.C7H6F2.C6H6ClN/c1-8-3-2-4-9-7-11-6-5-10(8)9;1-8-6-9-4-2-3-5-10(9)7-11-8;1-6-3-4-8(9)5-7(6)2;1-6-3-4-8(9(10)11)5-7(6)2;1-5-4-6(9)2-3-7(5)8;2*1-5-4-6(8)2-3-7(5)9;1-5-2-6(7)4-8-3-5/h2*2-7H,1H3;3-5H,1-2H3;3-5H,1-2H3;3*2-4H,1H3;2-4H,1H3. The van der Waals surface area contributed by atoms with Gasteiger partial charge in [-0.1, -0.05) is 105 Å². The number of nitrogens with zero attached hydrogens (tertiary/aromatic N) is 4. The Bertz CT molecular complexity index is 3270. The van der Waals surface area contributed by atoms with E-state index < -0.39 is 5.82 Å². The highest BCUT2D eigenvalue weighted by molar-refractivity contribution is 9.10. The predicted octanol–water partition coefficient (Wildman–Crippen LogP) is 20.3. The van der Waals surface area contributed by atoms with Gasteiger partial charge in [-0.25, -0.2) is 17.6 Å². The maximum Gasteiger partial charge on any atom is 0.269 e. The number of nitro groups is 1. The molecule has 0 spiro atoms. The number of aryl methyl sites for hydroxylation is 10. The zero-order chi connectivity index (χ0) is 57.2. The van der Waals surface area contributed by atoms with E-state index in [2.05, 4.69) is 74.2 Å². The third kappa shape index (κ3) is 24.2. The van der Waals surface area contributed by atoms with Crippen molar-refractivity contribution in [3.63, 3.8) is 0 Å². The van der Waals surface area contributed by atoms with Crippen molar-refractivity contribution < 1.29 is 22.5 Å². The Kier molecular flexibility index (Phi) is 27.7. The molecule has 6 nitrogen and oxygen atoms in total. The Morgan fingerprint density at radius 2 is 1.04 bits per heavy atom. The number of rotatable bonds is 1. The van der Waals surface area contributed by atoms with E-state index in [1.165, 1.54) is 64.4 Å². The molecule has 77 heavy (non-hydrogen) atoms. The van der Waals surface area contributed by atoms with Gasteiger partial charge in [0.2, 0.25) is 0 Å². The van der Waals surface area contributed by atoms with Gasteiger partial charge in [-0.3, -0.25) is 25.1 Å². The van der Waals surface area contributed by atoms with E-state index in [1.54, 1.807) is 48.8 Å². The molecule has 3 aromatic heterocycles. The van der Waals surface area contributed by atoms with Crippen LogP contribution >= 0.6 is 50.7 Å². The molecule has 0 radical (unpaired) electrons. The first-order chi connectivity index (χ1) is 36.4. The Morgan fingerprint density at radius 1 is 0.455 bits per heavy atom. The normalized spacial score (nSPS) is 9.79. The van der Waals surface area contributed by atoms with Gasteiger partial charge in [0.25, 0.3) is 5.69 Å². The van der Waals surface area contributed by atoms with Crippen LogP contribution in [0.2, 0.25) is 15.1 Å². The van der Waals surface area contributed by atoms with Crippen LogP contribution in [0.1, 0.15) is 55.8 Å². The van der Waals surface area contributed by atoms with E-state index in [0.717, 1.165) is 77.4 Å². The average Bonchev–Trinajstić information content (AvgIpc) is 3.39. The van der Waals surface area contributed by atoms with Gasteiger partial charge in [0.15, 0.2) is 0 Å². The maximum atomic E-state index is 12.3. The molecule has 0 aliphatic rings. The minimum Gasteiger partial charge on any atom is -0.264 e. The molecule has 3 heterocycles. The van der Waals surface area contributed by atoms with Gasteiger partial charge in [-0.15, -0.1) is 0 Å². The molecule has 0 atom stereocenters. The molecule has 7 aromatic carbocycles. The second-order valence-electron chi connectivity index (χ2n) is 17.5. The second-order valence-corrected chi connectivity index (χ2v) is 19.6. The Balaban J connectivity index is 0.000000232. The van der Waals surface area contributed by atoms with Crippen molar-refractivity contribution >= 4 is 78.0 Å². The molecule has 0 N–H and O–H groups in total. The lowest BCUT2D eigenvalue weighted by Gasteiger charge is -1.98. The summed E-state index contributed by atoms with van der Waals surface area (Å²) in [6.45, 7) is 19.0. The zero-order valence-corrected chi connectivity index (χ0v) is 48.3. The lowest BCUT2D eigenvalue weighted by molar-refractivity contribution is -0.384. The summed E-state index contributed by atoms with van der Waals surface area (Å²) in [6, 6.07) is 43.5. The van der Waals surface area contributed by atoms with Crippen molar-refractivity contribution in [2.75, 3.05) is 0 Å². The minimum atomic E-state index is -0.395. The lowest BCUT2D eigenvalue weighted by Crippen LogP contribution is -1.89. The fourth-order valence-electron chi connectivity index (χ4n) is 6.36. The molecule has 0 fully saturated rings. The van der Waals surface area contributed by atoms with Crippen LogP contribution in [0, 0.1) is 103 Å². The molecular weight excluding hydrogens is 1110 g/mol. The molecule has 400 valence electrons. The quantitative estimate of drug-likeness (QED) is 0.0929. The van der Waals surface area contributed by atoms with E-state index >= 15 is 0 Å². The first-order valence-corrected chi connectivity index (χ1v) is 25.7. The van der Waals surface area contributed by atoms with Gasteiger partial charge in [-0.05, 0) is 215 Å². The number of non-ortho nitro benzene ring substituents is 1. The smallest absolute Gasteiger partial charge is 0.264 e. The average molecular weight is 1170 g/mol. The van der Waals surface area contributed by atoms with Gasteiger partial charge in [0, 0.05) is 74.1 Å². The summed E-state index contributed by atoms with van der Waals surface area (Å²) < 4.78 is 50.1. The second kappa shape index (κ2) is 33.2. The predicted molar refractivity (Wildman–Crippen MR) is 317 cm³/mol. The summed E-state index contributed by atoms with van der Waals surface area (Å²) >= 11 is 20.2. The number of nitro benzene ring substituents is 1. The van der Waals surface area contributed by atoms with Crippen LogP contribution in [-0.4, -0.2) is 19.9 Å². The largest absolute Gasteiger partial charge is 0.269 e. The molecule has 0 saturated carbocycles. The third-order valence-corrected chi connectivity index (χ3v) is 12.8. The topological polar surface area (TPSA) is 81.8 Å². The fourth-order valence-corrected chi connectivity index (χ4v) is 7.18. The van der Waals surface area contributed by atoms with Crippen molar-refractivity contribution in [1.29, 1.82) is 0 Å². The monoisotopic (exact) mass is 1160 g/mol. The summed E-state index contributed by atoms with van der Waals surface area (Å²) in [5.74, 6) is -1.10. The highest BCUT2D eigenvalue weighted by Gasteiger charge is 2.05. The van der Waals surface area contributed by atoms with E-state index in [4.69, 9.17) is 34.8 Å². The molecule has 0 amide bonds. The number of fused-ring (bicyclic) bond motifs is 2. The number of aromatic nitrogens is 3. The number of hydrogen-bond acceptors (Lipinski definition) is 5. The SMILES string of the molecule is Cc1cc(Cl)ccc1Cl.Cc1cc(F)ccc1Br.Cc1cc(F)ccc1F.Cc1cc2ccccc2cn1.Cc1ccc(F)cc1C.Cc1ccc([N+](=O)[O-])cc1C.Cc1cccc2cnccc12.Cc1cncc(Cl)c1. The van der Waals surface area contributed by atoms with E-state index in [-0.39, 0.29) is 28.1 Å². The Morgan fingerprint density at radius 3 is 1.55 bits per heavy atom. The first-order valence-electron chi connectivity index (χ1n) is 23.8. The van der Waals surface area contributed by atoms with Crippen LogP contribution in [0.4, 0.5) is 23.2 Å². The summed E-state index contributed by atoms with van der Waals surface area (Å²) in [6.07, 6.45) is 9.02. The molecule has 14 heteroatoms. The van der Waals surface area contributed by atoms with Crippen LogP contribution in [0.5, 0.6) is 0 Å². The molecule has 0 aliphatic carbocycles.